The topological polar surface area (TPSA) is 106 Å². The average Bonchev–Trinajstić information content (AvgIpc) is 3.13. The first-order valence-electron chi connectivity index (χ1n) is 9.97. The molecule has 3 rings (SSSR count). The van der Waals surface area contributed by atoms with E-state index in [0.717, 1.165) is 24.8 Å². The first-order valence-corrected chi connectivity index (χ1v) is 13.2. The van der Waals surface area contributed by atoms with Crippen molar-refractivity contribution in [3.63, 3.8) is 0 Å². The van der Waals surface area contributed by atoms with Crippen LogP contribution in [0.5, 0.6) is 0 Å². The summed E-state index contributed by atoms with van der Waals surface area (Å²) in [7, 11) is -3.52. The first-order chi connectivity index (χ1) is 14.8. The highest BCUT2D eigenvalue weighted by Crippen LogP contribution is 2.28. The summed E-state index contributed by atoms with van der Waals surface area (Å²) in [6.07, 6.45) is 4.15. The molecule has 1 aliphatic rings. The highest BCUT2D eigenvalue weighted by Gasteiger charge is 2.26. The van der Waals surface area contributed by atoms with Crippen LogP contribution in [0.3, 0.4) is 0 Å². The van der Waals surface area contributed by atoms with Gasteiger partial charge in [0.05, 0.1) is 22.4 Å². The van der Waals surface area contributed by atoms with Gasteiger partial charge in [-0.3, -0.25) is 4.79 Å². The zero-order valence-electron chi connectivity index (χ0n) is 17.4. The Morgan fingerprint density at radius 2 is 2.00 bits per heavy atom. The zero-order valence-corrected chi connectivity index (χ0v) is 19.9. The van der Waals surface area contributed by atoms with E-state index < -0.39 is 16.0 Å². The molecule has 1 saturated heterocycles. The number of thioether (sulfide) groups is 1. The van der Waals surface area contributed by atoms with E-state index in [1.807, 2.05) is 0 Å². The van der Waals surface area contributed by atoms with Crippen LogP contribution >= 0.6 is 23.1 Å². The second-order valence-electron chi connectivity index (χ2n) is 6.98. The van der Waals surface area contributed by atoms with Gasteiger partial charge in [0.2, 0.25) is 15.9 Å². The fraction of sp³-hybridized carbons (Fsp3) is 0.450. The lowest BCUT2D eigenvalue weighted by atomic mass is 10.2. The van der Waals surface area contributed by atoms with Crippen LogP contribution < -0.4 is 5.32 Å². The minimum atomic E-state index is -3.52. The van der Waals surface area contributed by atoms with Crippen LogP contribution in [0.2, 0.25) is 0 Å². The third kappa shape index (κ3) is 6.06. The molecule has 0 saturated carbocycles. The van der Waals surface area contributed by atoms with Gasteiger partial charge in [-0.25, -0.2) is 18.2 Å². The number of nitrogens with one attached hydrogen (secondary N) is 1. The quantitative estimate of drug-likeness (QED) is 0.452. The van der Waals surface area contributed by atoms with Crippen molar-refractivity contribution in [1.29, 1.82) is 0 Å². The Labute approximate surface area is 190 Å². The van der Waals surface area contributed by atoms with Crippen molar-refractivity contribution in [2.45, 2.75) is 43.0 Å². The smallest absolute Gasteiger partial charge is 0.348 e. The number of amides is 1. The van der Waals surface area contributed by atoms with Gasteiger partial charge < -0.3 is 10.1 Å². The van der Waals surface area contributed by atoms with E-state index in [0.29, 0.717) is 34.6 Å². The number of aryl methyl sites for hydroxylation is 1. The molecule has 1 aliphatic heterocycles. The molecule has 1 N–H and O–H groups in total. The molecule has 0 atom stereocenters. The maximum atomic E-state index is 12.7. The molecule has 168 valence electrons. The largest absolute Gasteiger partial charge is 0.462 e. The summed E-state index contributed by atoms with van der Waals surface area (Å²) in [4.78, 5) is 29.0. The fourth-order valence-corrected chi connectivity index (χ4v) is 6.20. The monoisotopic (exact) mass is 483 g/mol. The van der Waals surface area contributed by atoms with Gasteiger partial charge in [-0.1, -0.05) is 18.2 Å². The van der Waals surface area contributed by atoms with Crippen LogP contribution in [-0.2, 0) is 19.6 Å². The Kier molecular flexibility index (Phi) is 8.09. The van der Waals surface area contributed by atoms with Crippen molar-refractivity contribution in [1.82, 2.24) is 9.29 Å². The summed E-state index contributed by atoms with van der Waals surface area (Å²) < 4.78 is 31.8. The predicted octanol–water partition coefficient (Wildman–Crippen LogP) is 3.53. The van der Waals surface area contributed by atoms with Crippen molar-refractivity contribution in [3.05, 3.63) is 34.8 Å². The molecule has 0 aromatic carbocycles. The number of ether oxygens (including phenoxy) is 1. The van der Waals surface area contributed by atoms with Gasteiger partial charge in [0, 0.05) is 19.3 Å². The number of hydrogen-bond donors (Lipinski definition) is 1. The molecule has 1 fully saturated rings. The highest BCUT2D eigenvalue weighted by molar-refractivity contribution is 7.99. The summed E-state index contributed by atoms with van der Waals surface area (Å²) in [5, 5.41) is 3.90. The van der Waals surface area contributed by atoms with Gasteiger partial charge in [-0.05, 0) is 50.5 Å². The summed E-state index contributed by atoms with van der Waals surface area (Å²) in [5.74, 6) is -0.533. The van der Waals surface area contributed by atoms with E-state index in [-0.39, 0.29) is 16.6 Å². The van der Waals surface area contributed by atoms with Crippen LogP contribution in [0.4, 0.5) is 5.00 Å². The van der Waals surface area contributed by atoms with Gasteiger partial charge in [-0.2, -0.15) is 4.31 Å². The molecule has 0 bridgehead atoms. The van der Waals surface area contributed by atoms with Gasteiger partial charge in [-0.15, -0.1) is 11.3 Å². The lowest BCUT2D eigenvalue weighted by molar-refractivity contribution is -0.113. The van der Waals surface area contributed by atoms with E-state index in [1.54, 1.807) is 26.0 Å². The normalized spacial score (nSPS) is 14.9. The Morgan fingerprint density at radius 3 is 2.65 bits per heavy atom. The summed E-state index contributed by atoms with van der Waals surface area (Å²) in [6, 6.07) is 4.88. The maximum absolute atomic E-state index is 12.7. The third-order valence-corrected chi connectivity index (χ3v) is 8.61. The van der Waals surface area contributed by atoms with Crippen LogP contribution in [0.15, 0.2) is 34.3 Å². The highest BCUT2D eigenvalue weighted by atomic mass is 32.2. The number of carbonyl (C=O) groups is 2. The van der Waals surface area contributed by atoms with Crippen molar-refractivity contribution in [2.75, 3.05) is 30.8 Å². The van der Waals surface area contributed by atoms with Crippen molar-refractivity contribution in [3.8, 4) is 0 Å². The molecule has 0 radical (unpaired) electrons. The lowest BCUT2D eigenvalue weighted by Gasteiger charge is -2.25. The molecule has 2 aromatic rings. The van der Waals surface area contributed by atoms with Gasteiger partial charge in [0.15, 0.2) is 0 Å². The number of thiophene rings is 1. The van der Waals surface area contributed by atoms with Crippen LogP contribution in [0, 0.1) is 6.92 Å². The number of hydrogen-bond acceptors (Lipinski definition) is 8. The molecular weight excluding hydrogens is 458 g/mol. The van der Waals surface area contributed by atoms with E-state index >= 15 is 0 Å². The summed E-state index contributed by atoms with van der Waals surface area (Å²) in [5.41, 5.74) is 0.749. The lowest BCUT2D eigenvalue weighted by Crippen LogP contribution is -2.35. The molecular formula is C20H25N3O5S3. The van der Waals surface area contributed by atoms with Crippen LogP contribution in [0.25, 0.3) is 0 Å². The second-order valence-corrected chi connectivity index (χ2v) is 11.0. The SMILES string of the molecule is CCOC(=O)c1sc(NC(=O)CSc2ccc(S(=O)(=O)N3CCCCC3)cn2)cc1C. The number of piperidine rings is 1. The summed E-state index contributed by atoms with van der Waals surface area (Å²) >= 11 is 2.38. The molecule has 11 heteroatoms. The third-order valence-electron chi connectivity index (χ3n) is 4.65. The number of anilines is 1. The Balaban J connectivity index is 1.55. The van der Waals surface area contributed by atoms with Crippen molar-refractivity contribution < 1.29 is 22.7 Å². The number of sulfonamides is 1. The second kappa shape index (κ2) is 10.6. The average molecular weight is 484 g/mol. The molecule has 3 heterocycles. The van der Waals surface area contributed by atoms with Crippen molar-refractivity contribution in [2.24, 2.45) is 0 Å². The Bertz CT molecular complexity index is 1030. The molecule has 8 nitrogen and oxygen atoms in total. The molecule has 0 aliphatic carbocycles. The number of nitrogens with zero attached hydrogens (tertiary/aromatic N) is 2. The number of aromatic nitrogens is 1. The Morgan fingerprint density at radius 1 is 1.26 bits per heavy atom. The predicted molar refractivity (Wildman–Crippen MR) is 121 cm³/mol. The molecule has 0 spiro atoms. The van der Waals surface area contributed by atoms with Gasteiger partial charge in [0.25, 0.3) is 0 Å². The maximum Gasteiger partial charge on any atom is 0.348 e. The number of carbonyl (C=O) groups excluding carboxylic acids is 2. The molecule has 0 unspecified atom stereocenters. The number of esters is 1. The van der Waals surface area contributed by atoms with E-state index in [1.165, 1.54) is 39.7 Å². The van der Waals surface area contributed by atoms with E-state index in [2.05, 4.69) is 10.3 Å². The summed E-state index contributed by atoms with van der Waals surface area (Å²) in [6.45, 7) is 4.90. The minimum absolute atomic E-state index is 0.108. The first kappa shape index (κ1) is 23.7. The molecule has 1 amide bonds. The van der Waals surface area contributed by atoms with Crippen LogP contribution in [0.1, 0.15) is 41.4 Å². The fourth-order valence-electron chi connectivity index (χ4n) is 3.12. The Hall–Kier alpha value is -1.95. The standard InChI is InChI=1S/C20H25N3O5S3/c1-3-28-20(25)19-14(2)11-18(30-19)22-16(24)13-29-17-8-7-15(12-21-17)31(26,27)23-9-5-4-6-10-23/h7-8,11-12H,3-6,9-10,13H2,1-2H3,(H,22,24). The minimum Gasteiger partial charge on any atom is -0.462 e. The molecule has 31 heavy (non-hydrogen) atoms. The van der Waals surface area contributed by atoms with Crippen molar-refractivity contribution >= 4 is 50.0 Å². The van der Waals surface area contributed by atoms with Gasteiger partial charge >= 0.3 is 5.97 Å². The number of pyridine rings is 1. The number of rotatable bonds is 8. The zero-order chi connectivity index (χ0) is 22.4. The molecule has 2 aromatic heterocycles. The van der Waals surface area contributed by atoms with Gasteiger partial charge in [0.1, 0.15) is 9.77 Å². The van der Waals surface area contributed by atoms with E-state index in [4.69, 9.17) is 4.74 Å². The van der Waals surface area contributed by atoms with Crippen LogP contribution in [-0.4, -0.2) is 55.0 Å². The van der Waals surface area contributed by atoms with E-state index in [9.17, 15) is 18.0 Å².